The quantitative estimate of drug-likeness (QED) is 0.594. The van der Waals surface area contributed by atoms with Crippen LogP contribution in [-0.4, -0.2) is 23.4 Å². The molecule has 1 saturated heterocycles. The molecule has 3 rings (SSSR count). The van der Waals surface area contributed by atoms with Crippen molar-refractivity contribution in [1.29, 1.82) is 0 Å². The molecule has 1 heterocycles. The van der Waals surface area contributed by atoms with Crippen LogP contribution in [0.25, 0.3) is 0 Å². The summed E-state index contributed by atoms with van der Waals surface area (Å²) in [5.74, 6) is -3.19. The number of nitrogens with one attached hydrogen (secondary N) is 1. The van der Waals surface area contributed by atoms with Crippen LogP contribution in [0, 0.1) is 11.8 Å². The lowest BCUT2D eigenvalue weighted by molar-refractivity contribution is -0.137. The smallest absolute Gasteiger partial charge is 0.230 e. The van der Waals surface area contributed by atoms with Crippen LogP contribution < -0.4 is 5.32 Å². The van der Waals surface area contributed by atoms with Crippen LogP contribution in [0.4, 0.5) is 0 Å². The van der Waals surface area contributed by atoms with Crippen molar-refractivity contribution in [3.8, 4) is 0 Å². The highest BCUT2D eigenvalue weighted by Crippen LogP contribution is 2.34. The van der Waals surface area contributed by atoms with Crippen LogP contribution in [-0.2, 0) is 9.59 Å². The van der Waals surface area contributed by atoms with Crippen molar-refractivity contribution in [2.24, 2.45) is 11.8 Å². The van der Waals surface area contributed by atoms with Gasteiger partial charge in [-0.3, -0.25) is 24.5 Å². The third-order valence-electron chi connectivity index (χ3n) is 3.71. The second-order valence-corrected chi connectivity index (χ2v) is 4.81. The predicted octanol–water partition coefficient (Wildman–Crippen LogP) is 0.735. The fourth-order valence-corrected chi connectivity index (χ4v) is 2.76. The average Bonchev–Trinajstić information content (AvgIpc) is 2.64. The fraction of sp³-hybridized carbons (Fsp3) is 0.286. The number of fused-ring (bicyclic) bond motifs is 1. The first-order valence-corrected chi connectivity index (χ1v) is 6.11. The number of piperidine rings is 1. The number of Topliss-reactive ketones (excluding diaryl/α,β-unsaturated/α-hetero) is 2. The number of benzene rings is 1. The first-order valence-electron chi connectivity index (χ1n) is 6.11. The maximum atomic E-state index is 12.2. The van der Waals surface area contributed by atoms with Crippen LogP contribution in [0.2, 0.25) is 0 Å². The summed E-state index contributed by atoms with van der Waals surface area (Å²) in [4.78, 5) is 47.4. The van der Waals surface area contributed by atoms with E-state index in [0.29, 0.717) is 11.1 Å². The Morgan fingerprint density at radius 3 is 2.05 bits per heavy atom. The van der Waals surface area contributed by atoms with Crippen LogP contribution >= 0.6 is 0 Å². The topological polar surface area (TPSA) is 80.3 Å². The van der Waals surface area contributed by atoms with Crippen molar-refractivity contribution in [2.45, 2.75) is 12.8 Å². The standard InChI is InChI=1S/C14H11NO4/c16-10-6-5-9(14(19)15-10)11-12(17)7-3-1-2-4-8(7)13(11)18/h1-4,9,11H,5-6H2,(H,15,16,19). The summed E-state index contributed by atoms with van der Waals surface area (Å²) >= 11 is 0. The van der Waals surface area contributed by atoms with Crippen LogP contribution in [0.3, 0.4) is 0 Å². The highest BCUT2D eigenvalue weighted by molar-refractivity contribution is 6.28. The van der Waals surface area contributed by atoms with Gasteiger partial charge in [0.25, 0.3) is 0 Å². The van der Waals surface area contributed by atoms with E-state index in [4.69, 9.17) is 0 Å². The molecule has 1 N–H and O–H groups in total. The molecule has 0 radical (unpaired) electrons. The Bertz CT molecular complexity index is 585. The number of rotatable bonds is 1. The number of carbonyl (C=O) groups is 4. The van der Waals surface area contributed by atoms with E-state index in [9.17, 15) is 19.2 Å². The fourth-order valence-electron chi connectivity index (χ4n) is 2.76. The van der Waals surface area contributed by atoms with Crippen molar-refractivity contribution in [2.75, 3.05) is 0 Å². The lowest BCUT2D eigenvalue weighted by Gasteiger charge is -2.23. The van der Waals surface area contributed by atoms with Gasteiger partial charge in [-0.2, -0.15) is 0 Å². The second kappa shape index (κ2) is 4.12. The number of imide groups is 1. The van der Waals surface area contributed by atoms with Crippen LogP contribution in [0.15, 0.2) is 24.3 Å². The summed E-state index contributed by atoms with van der Waals surface area (Å²) in [6.45, 7) is 0. The second-order valence-electron chi connectivity index (χ2n) is 4.81. The van der Waals surface area contributed by atoms with Crippen molar-refractivity contribution in [1.82, 2.24) is 5.32 Å². The van der Waals surface area contributed by atoms with Gasteiger partial charge in [-0.05, 0) is 6.42 Å². The van der Waals surface area contributed by atoms with E-state index in [0.717, 1.165) is 0 Å². The number of hydrogen-bond donors (Lipinski definition) is 1. The van der Waals surface area contributed by atoms with Gasteiger partial charge in [0.1, 0.15) is 0 Å². The minimum atomic E-state index is -0.967. The van der Waals surface area contributed by atoms with Crippen molar-refractivity contribution >= 4 is 23.4 Å². The number of carbonyl (C=O) groups excluding carboxylic acids is 4. The molecular weight excluding hydrogens is 246 g/mol. The van der Waals surface area contributed by atoms with Crippen molar-refractivity contribution in [3.05, 3.63) is 35.4 Å². The SMILES string of the molecule is O=C1CCC(C2C(=O)c3ccccc3C2=O)C(=O)N1. The van der Waals surface area contributed by atoms with E-state index in [1.165, 1.54) is 0 Å². The highest BCUT2D eigenvalue weighted by atomic mass is 16.2. The lowest BCUT2D eigenvalue weighted by atomic mass is 9.82. The summed E-state index contributed by atoms with van der Waals surface area (Å²) in [5, 5.41) is 2.19. The predicted molar refractivity (Wildman–Crippen MR) is 64.5 cm³/mol. The van der Waals surface area contributed by atoms with Crippen LogP contribution in [0.1, 0.15) is 33.6 Å². The van der Waals surface area contributed by atoms with Gasteiger partial charge in [-0.25, -0.2) is 0 Å². The Morgan fingerprint density at radius 2 is 1.53 bits per heavy atom. The van der Waals surface area contributed by atoms with Gasteiger partial charge in [-0.15, -0.1) is 0 Å². The number of hydrogen-bond acceptors (Lipinski definition) is 4. The Balaban J connectivity index is 1.96. The molecular formula is C14H11NO4. The molecule has 1 aromatic carbocycles. The molecule has 19 heavy (non-hydrogen) atoms. The van der Waals surface area contributed by atoms with E-state index in [1.54, 1.807) is 24.3 Å². The van der Waals surface area contributed by atoms with Gasteiger partial charge >= 0.3 is 0 Å². The van der Waals surface area contributed by atoms with E-state index in [-0.39, 0.29) is 30.3 Å². The Morgan fingerprint density at radius 1 is 0.947 bits per heavy atom. The molecule has 1 aliphatic heterocycles. The minimum absolute atomic E-state index is 0.170. The molecule has 0 spiro atoms. The Hall–Kier alpha value is -2.30. The molecule has 5 heteroatoms. The molecule has 2 aliphatic rings. The summed E-state index contributed by atoms with van der Waals surface area (Å²) in [6, 6.07) is 6.58. The first-order chi connectivity index (χ1) is 9.09. The first kappa shape index (κ1) is 11.8. The highest BCUT2D eigenvalue weighted by Gasteiger charge is 2.47. The van der Waals surface area contributed by atoms with Gasteiger partial charge in [0, 0.05) is 17.5 Å². The third kappa shape index (κ3) is 1.69. The molecule has 5 nitrogen and oxygen atoms in total. The molecule has 0 aromatic heterocycles. The molecule has 1 atom stereocenters. The zero-order valence-electron chi connectivity index (χ0n) is 10.0. The van der Waals surface area contributed by atoms with E-state index < -0.39 is 17.7 Å². The van der Waals surface area contributed by atoms with E-state index >= 15 is 0 Å². The molecule has 2 amide bonds. The largest absolute Gasteiger partial charge is 0.296 e. The minimum Gasteiger partial charge on any atom is -0.296 e. The van der Waals surface area contributed by atoms with Gasteiger partial charge < -0.3 is 0 Å². The summed E-state index contributed by atoms with van der Waals surface area (Å²) < 4.78 is 0. The van der Waals surface area contributed by atoms with Gasteiger partial charge in [-0.1, -0.05) is 24.3 Å². The average molecular weight is 257 g/mol. The third-order valence-corrected chi connectivity index (χ3v) is 3.71. The summed E-state index contributed by atoms with van der Waals surface area (Å²) in [7, 11) is 0. The van der Waals surface area contributed by atoms with Crippen molar-refractivity contribution < 1.29 is 19.2 Å². The van der Waals surface area contributed by atoms with Gasteiger partial charge in [0.15, 0.2) is 11.6 Å². The van der Waals surface area contributed by atoms with Crippen molar-refractivity contribution in [3.63, 3.8) is 0 Å². The molecule has 96 valence electrons. The van der Waals surface area contributed by atoms with Gasteiger partial charge in [0.2, 0.25) is 11.8 Å². The Kier molecular flexibility index (Phi) is 2.55. The zero-order chi connectivity index (χ0) is 13.6. The van der Waals surface area contributed by atoms with E-state index in [2.05, 4.69) is 5.32 Å². The van der Waals surface area contributed by atoms with Gasteiger partial charge in [0.05, 0.1) is 11.8 Å². The molecule has 1 unspecified atom stereocenters. The Labute approximate surface area is 109 Å². The maximum Gasteiger partial charge on any atom is 0.230 e. The number of ketones is 2. The maximum absolute atomic E-state index is 12.2. The lowest BCUT2D eigenvalue weighted by Crippen LogP contribution is -2.46. The summed E-state index contributed by atoms with van der Waals surface area (Å²) in [6.07, 6.45) is 0.421. The molecule has 0 bridgehead atoms. The normalized spacial score (nSPS) is 23.5. The molecule has 1 aromatic rings. The molecule has 0 saturated carbocycles. The zero-order valence-corrected chi connectivity index (χ0v) is 10.0. The molecule has 1 fully saturated rings. The molecule has 1 aliphatic carbocycles. The number of amides is 2. The monoisotopic (exact) mass is 257 g/mol. The summed E-state index contributed by atoms with van der Waals surface area (Å²) in [5.41, 5.74) is 0.754. The van der Waals surface area contributed by atoms with E-state index in [1.807, 2.05) is 0 Å². The van der Waals surface area contributed by atoms with Crippen LogP contribution in [0.5, 0.6) is 0 Å².